The van der Waals surface area contributed by atoms with Crippen LogP contribution in [0.15, 0.2) is 48.5 Å². The lowest BCUT2D eigenvalue weighted by atomic mass is 9.99. The van der Waals surface area contributed by atoms with Crippen molar-refractivity contribution in [3.8, 4) is 11.3 Å². The van der Waals surface area contributed by atoms with E-state index in [4.69, 9.17) is 10.7 Å². The first-order valence-corrected chi connectivity index (χ1v) is 9.72. The summed E-state index contributed by atoms with van der Waals surface area (Å²) in [5.74, 6) is 0.299. The molecule has 3 aromatic rings. The van der Waals surface area contributed by atoms with Crippen LogP contribution < -0.4 is 11.1 Å². The van der Waals surface area contributed by atoms with Crippen molar-refractivity contribution in [1.82, 2.24) is 14.5 Å². The molecule has 0 aliphatic carbocycles. The van der Waals surface area contributed by atoms with Crippen LogP contribution in [0.4, 0.5) is 20.3 Å². The molecule has 1 aliphatic heterocycles. The number of nitrogens with zero attached hydrogens (tertiary/aromatic N) is 3. The number of fused-ring (bicyclic) bond motifs is 1. The van der Waals surface area contributed by atoms with Crippen LogP contribution >= 0.6 is 0 Å². The number of hydrogen-bond acceptors (Lipinski definition) is 4. The van der Waals surface area contributed by atoms with Gasteiger partial charge in [-0.05, 0) is 50.2 Å². The maximum absolute atomic E-state index is 14.7. The monoisotopic (exact) mass is 411 g/mol. The van der Waals surface area contributed by atoms with E-state index in [9.17, 15) is 13.6 Å². The number of halogens is 2. The van der Waals surface area contributed by atoms with Crippen LogP contribution in [0.25, 0.3) is 11.3 Å². The Labute approximate surface area is 173 Å². The van der Waals surface area contributed by atoms with E-state index in [2.05, 4.69) is 5.32 Å². The topological polar surface area (TPSA) is 76.2 Å². The third kappa shape index (κ3) is 3.33. The van der Waals surface area contributed by atoms with Crippen LogP contribution in [-0.2, 0) is 16.9 Å². The quantitative estimate of drug-likeness (QED) is 0.688. The third-order valence-corrected chi connectivity index (χ3v) is 5.45. The van der Waals surface area contributed by atoms with Crippen LogP contribution in [0, 0.1) is 11.6 Å². The Balaban J connectivity index is 1.88. The van der Waals surface area contributed by atoms with Crippen molar-refractivity contribution in [1.29, 1.82) is 0 Å². The molecule has 0 bridgehead atoms. The Morgan fingerprint density at radius 2 is 1.83 bits per heavy atom. The standard InChI is InChI=1S/C22H23F2N5O/c1-22(2)21-27-19(16-5-3-4-6-17(16)24)20(26-15-9-7-14(23)8-10-15)28(21)11-12-29(22)18(30)13-25/h3-10,26H,11-13,25H2,1-2H3. The maximum Gasteiger partial charge on any atom is 0.237 e. The van der Waals surface area contributed by atoms with Crippen molar-refractivity contribution in [2.45, 2.75) is 25.9 Å². The van der Waals surface area contributed by atoms with Crippen molar-refractivity contribution in [3.63, 3.8) is 0 Å². The van der Waals surface area contributed by atoms with Gasteiger partial charge in [-0.3, -0.25) is 4.79 Å². The number of amides is 1. The minimum Gasteiger partial charge on any atom is -0.340 e. The molecule has 2 heterocycles. The van der Waals surface area contributed by atoms with Crippen molar-refractivity contribution < 1.29 is 13.6 Å². The Bertz CT molecular complexity index is 1090. The van der Waals surface area contributed by atoms with Crippen LogP contribution in [0.5, 0.6) is 0 Å². The number of nitrogens with two attached hydrogens (primary N) is 1. The van der Waals surface area contributed by atoms with Crippen molar-refractivity contribution in [2.24, 2.45) is 5.73 Å². The van der Waals surface area contributed by atoms with E-state index in [1.807, 2.05) is 18.4 Å². The highest BCUT2D eigenvalue weighted by Crippen LogP contribution is 2.40. The van der Waals surface area contributed by atoms with E-state index in [0.29, 0.717) is 41.7 Å². The first kappa shape index (κ1) is 20.0. The molecule has 2 aromatic carbocycles. The van der Waals surface area contributed by atoms with Gasteiger partial charge in [0.15, 0.2) is 0 Å². The summed E-state index contributed by atoms with van der Waals surface area (Å²) in [6.45, 7) is 4.61. The lowest BCUT2D eigenvalue weighted by Crippen LogP contribution is -2.53. The van der Waals surface area contributed by atoms with E-state index in [0.717, 1.165) is 0 Å². The second-order valence-corrected chi connectivity index (χ2v) is 7.70. The molecule has 6 nitrogen and oxygen atoms in total. The normalized spacial score (nSPS) is 15.0. The van der Waals surface area contributed by atoms with Crippen molar-refractivity contribution in [3.05, 3.63) is 66.0 Å². The zero-order chi connectivity index (χ0) is 21.5. The summed E-state index contributed by atoms with van der Waals surface area (Å²) in [7, 11) is 0. The number of hydrogen-bond donors (Lipinski definition) is 2. The Morgan fingerprint density at radius 3 is 2.50 bits per heavy atom. The molecule has 0 fully saturated rings. The van der Waals surface area contributed by atoms with Gasteiger partial charge in [0.05, 0.1) is 12.1 Å². The summed E-state index contributed by atoms with van der Waals surface area (Å²) in [6.07, 6.45) is 0. The molecule has 3 N–H and O–H groups in total. The lowest BCUT2D eigenvalue weighted by molar-refractivity contribution is -0.137. The summed E-state index contributed by atoms with van der Waals surface area (Å²) in [5, 5.41) is 3.27. The van der Waals surface area contributed by atoms with Gasteiger partial charge in [0.1, 0.15) is 29.0 Å². The van der Waals surface area contributed by atoms with Gasteiger partial charge in [0.25, 0.3) is 0 Å². The minimum absolute atomic E-state index is 0.0923. The summed E-state index contributed by atoms with van der Waals surface area (Å²) >= 11 is 0. The van der Waals surface area contributed by atoms with E-state index >= 15 is 0 Å². The lowest BCUT2D eigenvalue weighted by Gasteiger charge is -2.42. The molecule has 1 aromatic heterocycles. The summed E-state index contributed by atoms with van der Waals surface area (Å²) < 4.78 is 30.0. The molecule has 30 heavy (non-hydrogen) atoms. The molecular weight excluding hydrogens is 388 g/mol. The molecule has 0 spiro atoms. The molecule has 0 saturated heterocycles. The molecule has 0 saturated carbocycles. The van der Waals surface area contributed by atoms with Crippen molar-refractivity contribution in [2.75, 3.05) is 18.4 Å². The SMILES string of the molecule is CC1(C)c2nc(-c3ccccc3F)c(Nc3ccc(F)cc3)n2CCN1C(=O)CN. The number of benzene rings is 2. The molecule has 4 rings (SSSR count). The Hall–Kier alpha value is -3.26. The fraction of sp³-hybridized carbons (Fsp3) is 0.273. The van der Waals surface area contributed by atoms with E-state index < -0.39 is 11.4 Å². The average molecular weight is 411 g/mol. The minimum atomic E-state index is -0.739. The summed E-state index contributed by atoms with van der Waals surface area (Å²) in [5.41, 5.74) is 6.28. The number of carbonyl (C=O) groups is 1. The zero-order valence-corrected chi connectivity index (χ0v) is 16.8. The van der Waals surface area contributed by atoms with Gasteiger partial charge in [0.2, 0.25) is 5.91 Å². The van der Waals surface area contributed by atoms with Gasteiger partial charge in [-0.1, -0.05) is 12.1 Å². The molecule has 0 unspecified atom stereocenters. The maximum atomic E-state index is 14.7. The second kappa shape index (κ2) is 7.53. The first-order chi connectivity index (χ1) is 14.3. The van der Waals surface area contributed by atoms with E-state index in [1.54, 1.807) is 35.2 Å². The van der Waals surface area contributed by atoms with Crippen LogP contribution in [0.1, 0.15) is 19.7 Å². The molecule has 0 radical (unpaired) electrons. The van der Waals surface area contributed by atoms with E-state index in [1.165, 1.54) is 18.2 Å². The zero-order valence-electron chi connectivity index (χ0n) is 16.8. The van der Waals surface area contributed by atoms with Gasteiger partial charge < -0.3 is 20.5 Å². The second-order valence-electron chi connectivity index (χ2n) is 7.70. The van der Waals surface area contributed by atoms with Gasteiger partial charge in [-0.25, -0.2) is 13.8 Å². The van der Waals surface area contributed by atoms with Crippen molar-refractivity contribution >= 4 is 17.4 Å². The number of anilines is 2. The van der Waals surface area contributed by atoms with E-state index in [-0.39, 0.29) is 18.3 Å². The highest BCUT2D eigenvalue weighted by Gasteiger charge is 2.41. The van der Waals surface area contributed by atoms with Gasteiger partial charge in [-0.15, -0.1) is 0 Å². The highest BCUT2D eigenvalue weighted by molar-refractivity contribution is 5.80. The molecule has 156 valence electrons. The Morgan fingerprint density at radius 1 is 1.13 bits per heavy atom. The van der Waals surface area contributed by atoms with Crippen LogP contribution in [0.2, 0.25) is 0 Å². The first-order valence-electron chi connectivity index (χ1n) is 9.72. The van der Waals surface area contributed by atoms with Crippen LogP contribution in [-0.4, -0.2) is 33.4 Å². The number of imidazole rings is 1. The predicted molar refractivity (Wildman–Crippen MR) is 111 cm³/mol. The average Bonchev–Trinajstić information content (AvgIpc) is 3.09. The summed E-state index contributed by atoms with van der Waals surface area (Å²) in [4.78, 5) is 18.8. The largest absolute Gasteiger partial charge is 0.340 e. The molecule has 1 aliphatic rings. The molecule has 8 heteroatoms. The van der Waals surface area contributed by atoms with Gasteiger partial charge >= 0.3 is 0 Å². The van der Waals surface area contributed by atoms with Crippen LogP contribution in [0.3, 0.4) is 0 Å². The smallest absolute Gasteiger partial charge is 0.237 e. The summed E-state index contributed by atoms with van der Waals surface area (Å²) in [6, 6.07) is 12.3. The van der Waals surface area contributed by atoms with Gasteiger partial charge in [0, 0.05) is 24.3 Å². The number of nitrogens with one attached hydrogen (secondary N) is 1. The molecular formula is C22H23F2N5O. The highest BCUT2D eigenvalue weighted by atomic mass is 19.1. The predicted octanol–water partition coefficient (Wildman–Crippen LogP) is 3.61. The van der Waals surface area contributed by atoms with Gasteiger partial charge in [-0.2, -0.15) is 0 Å². The fourth-order valence-corrected chi connectivity index (χ4v) is 3.92. The third-order valence-electron chi connectivity index (χ3n) is 5.45. The molecule has 1 amide bonds. The molecule has 0 atom stereocenters. The number of aromatic nitrogens is 2. The number of rotatable bonds is 4. The Kier molecular flexibility index (Phi) is 5.03. The fourth-order valence-electron chi connectivity index (χ4n) is 3.92. The number of carbonyl (C=O) groups excluding carboxylic acids is 1.